The van der Waals surface area contributed by atoms with E-state index in [1.165, 1.54) is 0 Å². The Morgan fingerprint density at radius 2 is 1.21 bits per heavy atom. The first-order chi connectivity index (χ1) is 29.4. The van der Waals surface area contributed by atoms with E-state index in [0.29, 0.717) is 23.6 Å². The highest BCUT2D eigenvalue weighted by atomic mass is 35.5. The summed E-state index contributed by atoms with van der Waals surface area (Å²) in [5.41, 5.74) is 24.7. The maximum atomic E-state index is 14.3. The maximum Gasteiger partial charge on any atom is 0.245 e. The number of nitrogens with one attached hydrogen (secondary N) is 4. The molecule has 4 atom stereocenters. The Balaban J connectivity index is 1.55. The quantitative estimate of drug-likeness (QED) is 0.0262. The number of benzene rings is 4. The third-order valence-corrected chi connectivity index (χ3v) is 10.1. The molecule has 4 aromatic carbocycles. The van der Waals surface area contributed by atoms with Crippen molar-refractivity contribution in [1.82, 2.24) is 21.3 Å². The minimum atomic E-state index is -1.24. The van der Waals surface area contributed by atoms with Crippen LogP contribution in [0.4, 0.5) is 0 Å². The molecule has 12 N–H and O–H groups in total. The van der Waals surface area contributed by atoms with Crippen LogP contribution in [-0.2, 0) is 48.2 Å². The first-order valence-corrected chi connectivity index (χ1v) is 20.9. The molecule has 16 heteroatoms. The molecule has 0 aliphatic heterocycles. The lowest BCUT2D eigenvalue weighted by Gasteiger charge is -2.26. The van der Waals surface area contributed by atoms with Crippen LogP contribution >= 0.6 is 11.6 Å². The molecule has 0 aliphatic carbocycles. The number of rotatable bonds is 26. The number of amides is 5. The fourth-order valence-electron chi connectivity index (χ4n) is 6.58. The molecule has 0 bridgehead atoms. The van der Waals surface area contributed by atoms with Crippen molar-refractivity contribution in [3.63, 3.8) is 0 Å². The van der Waals surface area contributed by atoms with E-state index in [-0.39, 0.29) is 63.7 Å². The predicted octanol–water partition coefficient (Wildman–Crippen LogP) is 2.88. The largest absolute Gasteiger partial charge is 0.374 e. The summed E-state index contributed by atoms with van der Waals surface area (Å²) in [5, 5.41) is 13.5. The van der Waals surface area contributed by atoms with Crippen LogP contribution in [0.2, 0.25) is 5.02 Å². The second-order valence-corrected chi connectivity index (χ2v) is 15.3. The van der Waals surface area contributed by atoms with Crippen molar-refractivity contribution in [2.75, 3.05) is 19.7 Å². The summed E-state index contributed by atoms with van der Waals surface area (Å²) >= 11 is 6.15. The van der Waals surface area contributed by atoms with Crippen LogP contribution in [0.15, 0.2) is 102 Å². The number of aliphatic imine (C=N–C) groups is 1. The minimum Gasteiger partial charge on any atom is -0.374 e. The van der Waals surface area contributed by atoms with E-state index in [9.17, 15) is 24.0 Å². The van der Waals surface area contributed by atoms with Gasteiger partial charge in [-0.15, -0.1) is 0 Å². The summed E-state index contributed by atoms with van der Waals surface area (Å²) in [6, 6.07) is 24.8. The van der Waals surface area contributed by atoms with E-state index in [0.717, 1.165) is 41.2 Å². The molecule has 326 valence electrons. The molecular formula is C45H58ClN9O6. The first-order valence-electron chi connectivity index (χ1n) is 20.5. The van der Waals surface area contributed by atoms with Crippen LogP contribution in [-0.4, -0.2) is 79.4 Å². The van der Waals surface area contributed by atoms with Crippen LogP contribution in [0.1, 0.15) is 61.6 Å². The van der Waals surface area contributed by atoms with Crippen molar-refractivity contribution in [3.8, 4) is 0 Å². The lowest BCUT2D eigenvalue weighted by Crippen LogP contribution is -2.59. The Bertz CT molecular complexity index is 2060. The monoisotopic (exact) mass is 855 g/mol. The van der Waals surface area contributed by atoms with Gasteiger partial charge in [-0.2, -0.15) is 0 Å². The summed E-state index contributed by atoms with van der Waals surface area (Å²) in [7, 11) is 0. The van der Waals surface area contributed by atoms with E-state index >= 15 is 0 Å². The molecule has 5 amide bonds. The summed E-state index contributed by atoms with van der Waals surface area (Å²) in [6.07, 6.45) is 3.77. The Morgan fingerprint density at radius 1 is 0.607 bits per heavy atom. The number of nitrogens with two attached hydrogens (primary N) is 4. The van der Waals surface area contributed by atoms with Crippen molar-refractivity contribution < 1.29 is 28.7 Å². The number of hydrogen-bond donors (Lipinski definition) is 8. The molecule has 0 fully saturated rings. The number of hydrogen-bond acceptors (Lipinski definition) is 8. The van der Waals surface area contributed by atoms with E-state index in [1.54, 1.807) is 24.3 Å². The highest BCUT2D eigenvalue weighted by Gasteiger charge is 2.31. The number of fused-ring (bicyclic) bond motifs is 1. The van der Waals surface area contributed by atoms with Gasteiger partial charge in [0.2, 0.25) is 29.5 Å². The van der Waals surface area contributed by atoms with Crippen molar-refractivity contribution in [2.45, 2.75) is 88.6 Å². The first kappa shape index (κ1) is 47.6. The maximum absolute atomic E-state index is 14.3. The molecule has 0 saturated heterocycles. The lowest BCUT2D eigenvalue weighted by atomic mass is 10.0. The van der Waals surface area contributed by atoms with Gasteiger partial charge in [-0.3, -0.25) is 29.0 Å². The topological polar surface area (TPSA) is 259 Å². The minimum absolute atomic E-state index is 0.00433. The zero-order chi connectivity index (χ0) is 44.0. The third-order valence-electron chi connectivity index (χ3n) is 9.88. The van der Waals surface area contributed by atoms with Crippen molar-refractivity contribution in [3.05, 3.63) is 119 Å². The number of halogens is 1. The Morgan fingerprint density at radius 3 is 1.92 bits per heavy atom. The van der Waals surface area contributed by atoms with E-state index < -0.39 is 47.8 Å². The highest BCUT2D eigenvalue weighted by molar-refractivity contribution is 6.30. The van der Waals surface area contributed by atoms with Crippen LogP contribution < -0.4 is 44.2 Å². The Hall–Kier alpha value is -6.03. The number of guanidine groups is 1. The molecule has 0 radical (unpaired) electrons. The summed E-state index contributed by atoms with van der Waals surface area (Å²) in [5.74, 6) is -3.30. The molecule has 61 heavy (non-hydrogen) atoms. The molecule has 0 aliphatic rings. The van der Waals surface area contributed by atoms with Gasteiger partial charge in [-0.1, -0.05) is 109 Å². The number of unbranched alkanes of at least 4 members (excludes halogenated alkanes) is 3. The van der Waals surface area contributed by atoms with Crippen LogP contribution in [0.25, 0.3) is 10.8 Å². The summed E-state index contributed by atoms with van der Waals surface area (Å²) < 4.78 is 5.90. The zero-order valence-corrected chi connectivity index (χ0v) is 35.1. The van der Waals surface area contributed by atoms with E-state index in [4.69, 9.17) is 39.3 Å². The zero-order valence-electron chi connectivity index (χ0n) is 34.3. The molecule has 4 rings (SSSR count). The molecule has 0 unspecified atom stereocenters. The second-order valence-electron chi connectivity index (χ2n) is 14.8. The van der Waals surface area contributed by atoms with Gasteiger partial charge in [0.25, 0.3) is 0 Å². The predicted molar refractivity (Wildman–Crippen MR) is 238 cm³/mol. The molecule has 0 saturated carbocycles. The molecule has 0 heterocycles. The number of carbonyl (C=O) groups is 5. The van der Waals surface area contributed by atoms with Crippen LogP contribution in [0.3, 0.4) is 0 Å². The number of primary amides is 1. The smallest absolute Gasteiger partial charge is 0.245 e. The molecular weight excluding hydrogens is 798 g/mol. The fourth-order valence-corrected chi connectivity index (χ4v) is 6.71. The van der Waals surface area contributed by atoms with Crippen LogP contribution in [0.5, 0.6) is 0 Å². The molecule has 0 aromatic heterocycles. The average molecular weight is 856 g/mol. The van der Waals surface area contributed by atoms with Crippen LogP contribution in [0, 0.1) is 0 Å². The van der Waals surface area contributed by atoms with Gasteiger partial charge >= 0.3 is 0 Å². The number of carbonyl (C=O) groups excluding carboxylic acids is 5. The highest BCUT2D eigenvalue weighted by Crippen LogP contribution is 2.17. The van der Waals surface area contributed by atoms with Crippen molar-refractivity contribution in [2.24, 2.45) is 27.9 Å². The van der Waals surface area contributed by atoms with Gasteiger partial charge < -0.3 is 48.9 Å². The molecule has 15 nitrogen and oxygen atoms in total. The van der Waals surface area contributed by atoms with E-state index in [1.807, 2.05) is 72.8 Å². The van der Waals surface area contributed by atoms with Crippen molar-refractivity contribution in [1.29, 1.82) is 0 Å². The van der Waals surface area contributed by atoms with Crippen molar-refractivity contribution >= 4 is 57.9 Å². The summed E-state index contributed by atoms with van der Waals surface area (Å²) in [6.45, 7) is 0.719. The second kappa shape index (κ2) is 25.6. The summed E-state index contributed by atoms with van der Waals surface area (Å²) in [4.78, 5) is 72.2. The van der Waals surface area contributed by atoms with Gasteiger partial charge in [-0.25, -0.2) is 0 Å². The van der Waals surface area contributed by atoms with Gasteiger partial charge in [0.15, 0.2) is 5.96 Å². The van der Waals surface area contributed by atoms with Gasteiger partial charge in [-0.05, 0) is 71.8 Å². The normalized spacial score (nSPS) is 13.0. The Labute approximate surface area is 361 Å². The van der Waals surface area contributed by atoms with Gasteiger partial charge in [0.1, 0.15) is 24.2 Å². The van der Waals surface area contributed by atoms with Gasteiger partial charge in [0.05, 0.1) is 13.2 Å². The lowest BCUT2D eigenvalue weighted by molar-refractivity contribution is -0.135. The van der Waals surface area contributed by atoms with E-state index in [2.05, 4.69) is 26.3 Å². The Kier molecular flexibility index (Phi) is 20.0. The fraction of sp³-hybridized carbons (Fsp3) is 0.378. The standard InChI is InChI=1S/C45H58ClN9O6/c46-35-21-18-30(19-22-35)26-38(55-44(60)39(29-61-28-31-11-4-3-5-12-31)52-40(56)16-6-1-2-9-23-47)43(59)53-36(15-10-24-51-45(49)50)42(58)54-37(41(48)57)27-32-17-20-33-13-7-8-14-34(33)25-32/h3-5,7-8,11-14,17-22,25,36-39H,1-2,6,9-10,15-16,23-24,26-29,47H2,(H2,48,57)(H,52,56)(H,53,59)(H,54,58)(H,55,60)(H4,49,50,51)/t36-,37+,38+,39-/m0/s1. The van der Waals surface area contributed by atoms with Gasteiger partial charge in [0, 0.05) is 30.8 Å². The average Bonchev–Trinajstić information content (AvgIpc) is 3.24. The SMILES string of the molecule is NCCCCCCC(=O)N[C@@H](COCc1ccccc1)C(=O)N[C@H](Cc1ccc(Cl)cc1)C(=O)N[C@@H](CCCN=C(N)N)C(=O)N[C@H](Cc1ccc2ccccc2c1)C(N)=O. The third kappa shape index (κ3) is 17.2. The molecule has 4 aromatic rings. The molecule has 0 spiro atoms. The number of ether oxygens (including phenoxy) is 1. The number of nitrogens with zero attached hydrogens (tertiary/aromatic N) is 1.